The summed E-state index contributed by atoms with van der Waals surface area (Å²) in [6.07, 6.45) is 6.77. The minimum atomic E-state index is 0.619. The van der Waals surface area contributed by atoms with Crippen LogP contribution in [0.25, 0.3) is 0 Å². The summed E-state index contributed by atoms with van der Waals surface area (Å²) >= 11 is 3.68. The Morgan fingerprint density at radius 1 is 1.19 bits per heavy atom. The SMILES string of the molecule is CC(CN1CCCCC1)NC1CC(c2ccccc2Br)C1. The maximum absolute atomic E-state index is 3.83. The maximum Gasteiger partial charge on any atom is 0.0210 e. The fourth-order valence-corrected chi connectivity index (χ4v) is 4.41. The number of likely N-dealkylation sites (tertiary alicyclic amines) is 1. The molecule has 2 aliphatic rings. The minimum Gasteiger partial charge on any atom is -0.310 e. The topological polar surface area (TPSA) is 15.3 Å². The second-order valence-electron chi connectivity index (χ2n) is 6.82. The summed E-state index contributed by atoms with van der Waals surface area (Å²) in [6, 6.07) is 10.0. The van der Waals surface area contributed by atoms with Gasteiger partial charge < -0.3 is 10.2 Å². The summed E-state index contributed by atoms with van der Waals surface area (Å²) in [5.74, 6) is 0.736. The van der Waals surface area contributed by atoms with Crippen LogP contribution in [0.4, 0.5) is 0 Å². The highest BCUT2D eigenvalue weighted by Crippen LogP contribution is 2.40. The van der Waals surface area contributed by atoms with Gasteiger partial charge in [0.05, 0.1) is 0 Å². The molecule has 0 aromatic heterocycles. The molecule has 2 fully saturated rings. The van der Waals surface area contributed by atoms with Crippen molar-refractivity contribution < 1.29 is 0 Å². The van der Waals surface area contributed by atoms with Crippen molar-refractivity contribution in [3.8, 4) is 0 Å². The van der Waals surface area contributed by atoms with E-state index in [0.29, 0.717) is 12.1 Å². The third-order valence-electron chi connectivity index (χ3n) is 4.98. The normalized spacial score (nSPS) is 28.1. The number of benzene rings is 1. The third-order valence-corrected chi connectivity index (χ3v) is 5.71. The van der Waals surface area contributed by atoms with Crippen molar-refractivity contribution in [2.45, 2.75) is 57.0 Å². The van der Waals surface area contributed by atoms with E-state index in [4.69, 9.17) is 0 Å². The van der Waals surface area contributed by atoms with Gasteiger partial charge in [-0.15, -0.1) is 0 Å². The van der Waals surface area contributed by atoms with Gasteiger partial charge in [-0.3, -0.25) is 0 Å². The zero-order valence-electron chi connectivity index (χ0n) is 13.0. The van der Waals surface area contributed by atoms with Gasteiger partial charge in [-0.1, -0.05) is 40.5 Å². The lowest BCUT2D eigenvalue weighted by molar-refractivity contribution is 0.187. The Kier molecular flexibility index (Phi) is 5.36. The van der Waals surface area contributed by atoms with Gasteiger partial charge in [-0.05, 0) is 63.2 Å². The zero-order chi connectivity index (χ0) is 14.7. The summed E-state index contributed by atoms with van der Waals surface area (Å²) in [5, 5.41) is 3.83. The fourth-order valence-electron chi connectivity index (χ4n) is 3.80. The number of hydrogen-bond acceptors (Lipinski definition) is 2. The second kappa shape index (κ2) is 7.26. The molecule has 1 aliphatic heterocycles. The zero-order valence-corrected chi connectivity index (χ0v) is 14.6. The van der Waals surface area contributed by atoms with Crippen molar-refractivity contribution in [2.24, 2.45) is 0 Å². The van der Waals surface area contributed by atoms with Crippen molar-refractivity contribution in [2.75, 3.05) is 19.6 Å². The average Bonchev–Trinajstić information content (AvgIpc) is 2.45. The summed E-state index contributed by atoms with van der Waals surface area (Å²) < 4.78 is 1.27. The van der Waals surface area contributed by atoms with E-state index in [0.717, 1.165) is 5.92 Å². The van der Waals surface area contributed by atoms with Crippen LogP contribution in [-0.4, -0.2) is 36.6 Å². The van der Waals surface area contributed by atoms with Crippen molar-refractivity contribution in [3.63, 3.8) is 0 Å². The van der Waals surface area contributed by atoms with Crippen molar-refractivity contribution in [3.05, 3.63) is 34.3 Å². The molecule has 1 saturated carbocycles. The number of halogens is 1. The van der Waals surface area contributed by atoms with Gasteiger partial charge in [-0.25, -0.2) is 0 Å². The van der Waals surface area contributed by atoms with E-state index >= 15 is 0 Å². The largest absolute Gasteiger partial charge is 0.310 e. The van der Waals surface area contributed by atoms with E-state index in [1.807, 2.05) is 0 Å². The van der Waals surface area contributed by atoms with Gasteiger partial charge in [0.15, 0.2) is 0 Å². The Morgan fingerprint density at radius 2 is 1.90 bits per heavy atom. The van der Waals surface area contributed by atoms with E-state index in [1.54, 1.807) is 0 Å². The minimum absolute atomic E-state index is 0.619. The molecule has 1 N–H and O–H groups in total. The monoisotopic (exact) mass is 350 g/mol. The van der Waals surface area contributed by atoms with Gasteiger partial charge in [0, 0.05) is 23.1 Å². The molecule has 1 aliphatic carbocycles. The average molecular weight is 351 g/mol. The Bertz CT molecular complexity index is 450. The molecular formula is C18H27BrN2. The standard InChI is InChI=1S/C18H27BrN2/c1-14(13-21-9-5-2-6-10-21)20-16-11-15(12-16)17-7-3-4-8-18(17)19/h3-4,7-8,14-16,20H,2,5-6,9-13H2,1H3. The first-order chi connectivity index (χ1) is 10.2. The molecule has 0 spiro atoms. The highest BCUT2D eigenvalue weighted by Gasteiger charge is 2.32. The molecule has 1 atom stereocenters. The van der Waals surface area contributed by atoms with Crippen molar-refractivity contribution >= 4 is 15.9 Å². The molecule has 2 nitrogen and oxygen atoms in total. The molecule has 21 heavy (non-hydrogen) atoms. The number of rotatable bonds is 5. The molecule has 1 unspecified atom stereocenters. The van der Waals surface area contributed by atoms with Crippen LogP contribution in [0.5, 0.6) is 0 Å². The quantitative estimate of drug-likeness (QED) is 0.857. The Balaban J connectivity index is 1.41. The fraction of sp³-hybridized carbons (Fsp3) is 0.667. The van der Waals surface area contributed by atoms with Gasteiger partial charge in [0.2, 0.25) is 0 Å². The summed E-state index contributed by atoms with van der Waals surface area (Å²) in [6.45, 7) is 6.17. The van der Waals surface area contributed by atoms with Crippen LogP contribution in [-0.2, 0) is 0 Å². The highest BCUT2D eigenvalue weighted by atomic mass is 79.9. The number of nitrogens with zero attached hydrogens (tertiary/aromatic N) is 1. The van der Waals surface area contributed by atoms with Crippen LogP contribution in [0.3, 0.4) is 0 Å². The van der Waals surface area contributed by atoms with Crippen LogP contribution in [0.15, 0.2) is 28.7 Å². The molecule has 1 aromatic rings. The van der Waals surface area contributed by atoms with Gasteiger partial charge in [-0.2, -0.15) is 0 Å². The van der Waals surface area contributed by atoms with E-state index < -0.39 is 0 Å². The molecular weight excluding hydrogens is 324 g/mol. The van der Waals surface area contributed by atoms with Crippen molar-refractivity contribution in [1.29, 1.82) is 0 Å². The van der Waals surface area contributed by atoms with Crippen LogP contribution < -0.4 is 5.32 Å². The Labute approximate surface area is 137 Å². The summed E-state index contributed by atoms with van der Waals surface area (Å²) in [5.41, 5.74) is 1.49. The first-order valence-electron chi connectivity index (χ1n) is 8.45. The first kappa shape index (κ1) is 15.5. The molecule has 1 heterocycles. The lowest BCUT2D eigenvalue weighted by atomic mass is 9.75. The molecule has 0 radical (unpaired) electrons. The van der Waals surface area contributed by atoms with Crippen LogP contribution >= 0.6 is 15.9 Å². The van der Waals surface area contributed by atoms with Crippen LogP contribution in [0, 0.1) is 0 Å². The number of hydrogen-bond donors (Lipinski definition) is 1. The Hall–Kier alpha value is -0.380. The summed E-state index contributed by atoms with van der Waals surface area (Å²) in [7, 11) is 0. The van der Waals surface area contributed by atoms with Gasteiger partial charge in [0.25, 0.3) is 0 Å². The number of piperidine rings is 1. The van der Waals surface area contributed by atoms with Crippen LogP contribution in [0.2, 0.25) is 0 Å². The molecule has 3 heteroatoms. The highest BCUT2D eigenvalue weighted by molar-refractivity contribution is 9.10. The van der Waals surface area contributed by atoms with E-state index in [1.165, 1.54) is 61.8 Å². The first-order valence-corrected chi connectivity index (χ1v) is 9.24. The molecule has 0 amide bonds. The number of nitrogens with one attached hydrogen (secondary N) is 1. The summed E-state index contributed by atoms with van der Waals surface area (Å²) in [4.78, 5) is 2.63. The molecule has 116 valence electrons. The van der Waals surface area contributed by atoms with Gasteiger partial charge >= 0.3 is 0 Å². The predicted molar refractivity (Wildman–Crippen MR) is 92.8 cm³/mol. The Morgan fingerprint density at radius 3 is 2.62 bits per heavy atom. The van der Waals surface area contributed by atoms with Crippen molar-refractivity contribution in [1.82, 2.24) is 10.2 Å². The third kappa shape index (κ3) is 4.08. The maximum atomic E-state index is 3.83. The molecule has 1 saturated heterocycles. The van der Waals surface area contributed by atoms with E-state index in [-0.39, 0.29) is 0 Å². The molecule has 1 aromatic carbocycles. The molecule has 3 rings (SSSR count). The van der Waals surface area contributed by atoms with E-state index in [9.17, 15) is 0 Å². The predicted octanol–water partition coefficient (Wildman–Crippen LogP) is 4.16. The second-order valence-corrected chi connectivity index (χ2v) is 7.67. The lowest BCUT2D eigenvalue weighted by Crippen LogP contribution is -2.49. The molecule has 0 bridgehead atoms. The van der Waals surface area contributed by atoms with Crippen LogP contribution in [0.1, 0.15) is 50.5 Å². The smallest absolute Gasteiger partial charge is 0.0210 e. The van der Waals surface area contributed by atoms with E-state index in [2.05, 4.69) is 57.3 Å². The lowest BCUT2D eigenvalue weighted by Gasteiger charge is -2.39. The van der Waals surface area contributed by atoms with Gasteiger partial charge in [0.1, 0.15) is 0 Å².